The van der Waals surface area contributed by atoms with Gasteiger partial charge in [0, 0.05) is 93.1 Å². The van der Waals surface area contributed by atoms with Crippen molar-refractivity contribution < 1.29 is 93.1 Å². The SMILES string of the molecule is [Cr].[Fe].[Mo].[Ni].[SiH3].[W]. The predicted octanol–water partition coefficient (Wildman–Crippen LogP) is -1.20. The molecule has 0 N–H and O–H groups in total. The van der Waals surface area contributed by atoms with E-state index in [-0.39, 0.29) is 104 Å². The van der Waals surface area contributed by atoms with Crippen LogP contribution in [-0.2, 0) is 93.1 Å². The second-order valence-electron chi connectivity index (χ2n) is 0. The molecule has 6 heteroatoms. The van der Waals surface area contributed by atoms with Crippen molar-refractivity contribution in [2.75, 3.05) is 0 Å². The van der Waals surface area contributed by atoms with Crippen LogP contribution in [0.2, 0.25) is 0 Å². The Balaban J connectivity index is 0. The van der Waals surface area contributed by atoms with E-state index in [1.807, 2.05) is 0 Å². The van der Waals surface area contributed by atoms with Crippen LogP contribution in [0.25, 0.3) is 0 Å². The van der Waals surface area contributed by atoms with Crippen LogP contribution >= 0.6 is 0 Å². The van der Waals surface area contributed by atoms with Crippen molar-refractivity contribution in [1.29, 1.82) is 0 Å². The van der Waals surface area contributed by atoms with Crippen LogP contribution in [0.1, 0.15) is 0 Å². The third kappa shape index (κ3) is 27.3. The van der Waals surface area contributed by atoms with Crippen molar-refractivity contribution in [2.45, 2.75) is 0 Å². The van der Waals surface area contributed by atoms with E-state index in [1.54, 1.807) is 0 Å². The van der Waals surface area contributed by atoms with Crippen molar-refractivity contribution in [3.8, 4) is 0 Å². The smallest absolute Gasteiger partial charge is 0 e. The topological polar surface area (TPSA) is 0 Å². The fraction of sp³-hybridized carbons (Fsp3) is 0. The molecule has 0 heterocycles. The molecule has 0 atom stereocenters. The Labute approximate surface area is 102 Å². The van der Waals surface area contributed by atoms with E-state index in [1.165, 1.54) is 0 Å². The van der Waals surface area contributed by atoms with Crippen LogP contribution < -0.4 is 0 Å². The van der Waals surface area contributed by atoms with Gasteiger partial charge in [0.1, 0.15) is 0 Å². The van der Waals surface area contributed by atoms with Gasteiger partial charge in [0.15, 0.2) is 0 Å². The van der Waals surface area contributed by atoms with Crippen molar-refractivity contribution in [1.82, 2.24) is 0 Å². The van der Waals surface area contributed by atoms with Crippen molar-refractivity contribution in [3.05, 3.63) is 0 Å². The van der Waals surface area contributed by atoms with E-state index in [0.717, 1.165) is 0 Å². The molecule has 0 aliphatic heterocycles. The molecule has 0 bridgehead atoms. The summed E-state index contributed by atoms with van der Waals surface area (Å²) in [5.41, 5.74) is 0. The first kappa shape index (κ1) is 61.4. The van der Waals surface area contributed by atoms with E-state index >= 15 is 0 Å². The van der Waals surface area contributed by atoms with Gasteiger partial charge in [-0.3, -0.25) is 0 Å². The summed E-state index contributed by atoms with van der Waals surface area (Å²) in [4.78, 5) is 0. The van der Waals surface area contributed by atoms with E-state index in [2.05, 4.69) is 0 Å². The molecule has 0 aliphatic rings. The molecule has 0 rings (SSSR count). The molecule has 0 aromatic rings. The minimum atomic E-state index is 0. The second-order valence-corrected chi connectivity index (χ2v) is 0. The summed E-state index contributed by atoms with van der Waals surface area (Å²) in [7, 11) is 0. The largest absolute Gasteiger partial charge is 0.0125 e. The fourth-order valence-electron chi connectivity index (χ4n) is 0. The standard InChI is InChI=1S/Cr.Fe.Mo.Ni.H3Si.W/h;;;;1H3;. The summed E-state index contributed by atoms with van der Waals surface area (Å²) in [6, 6.07) is 0. The van der Waals surface area contributed by atoms with Gasteiger partial charge in [-0.15, -0.1) is 0 Å². The Morgan fingerprint density at radius 1 is 1.00 bits per heavy atom. The molecule has 0 aromatic heterocycles. The third-order valence-electron chi connectivity index (χ3n) is 0. The molecule has 43 valence electrons. The fourth-order valence-corrected chi connectivity index (χ4v) is 0. The maximum atomic E-state index is 0. The first-order valence-corrected chi connectivity index (χ1v) is 0. The van der Waals surface area contributed by atoms with Gasteiger partial charge < -0.3 is 0 Å². The van der Waals surface area contributed by atoms with E-state index in [0.29, 0.717) is 0 Å². The van der Waals surface area contributed by atoms with Gasteiger partial charge in [0.25, 0.3) is 0 Å². The zero-order valence-corrected chi connectivity index (χ0v) is 13.2. The predicted molar refractivity (Wildman–Crippen MR) is 9.94 cm³/mol. The molecule has 0 nitrogen and oxygen atoms in total. The zero-order valence-electron chi connectivity index (χ0n) is 2.89. The normalized spacial score (nSPS) is 0. The van der Waals surface area contributed by atoms with Crippen molar-refractivity contribution in [2.24, 2.45) is 0 Å². The number of hydrogen-bond acceptors (Lipinski definition) is 0. The monoisotopic (exact) mass is 479 g/mol. The first-order valence-electron chi connectivity index (χ1n) is 0. The average molecular weight is 477 g/mol. The Kier molecular flexibility index (Phi) is 431. The van der Waals surface area contributed by atoms with E-state index < -0.39 is 0 Å². The quantitative estimate of drug-likeness (QED) is 0.385. The number of hydrogen-bond donors (Lipinski definition) is 0. The van der Waals surface area contributed by atoms with Gasteiger partial charge in [0.2, 0.25) is 0 Å². The van der Waals surface area contributed by atoms with Crippen LogP contribution in [0.5, 0.6) is 0 Å². The van der Waals surface area contributed by atoms with Gasteiger partial charge in [-0.05, 0) is 11.0 Å². The van der Waals surface area contributed by atoms with Crippen LogP contribution in [-0.4, -0.2) is 11.0 Å². The van der Waals surface area contributed by atoms with E-state index in [9.17, 15) is 0 Å². The zero-order chi connectivity index (χ0) is 0. The average Bonchev–Trinajstić information content (AvgIpc) is 0. The van der Waals surface area contributed by atoms with Gasteiger partial charge in [-0.1, -0.05) is 0 Å². The first-order chi connectivity index (χ1) is 0. The summed E-state index contributed by atoms with van der Waals surface area (Å²) >= 11 is 0. The molecule has 6 heavy (non-hydrogen) atoms. The Morgan fingerprint density at radius 2 is 1.00 bits per heavy atom. The summed E-state index contributed by atoms with van der Waals surface area (Å²) in [5, 5.41) is 0. The minimum absolute atomic E-state index is 0. The van der Waals surface area contributed by atoms with Crippen LogP contribution in [0.15, 0.2) is 0 Å². The maximum Gasteiger partial charge on any atom is 0 e. The molecular weight excluding hydrogens is 474 g/mol. The van der Waals surface area contributed by atoms with E-state index in [4.69, 9.17) is 0 Å². The summed E-state index contributed by atoms with van der Waals surface area (Å²) < 4.78 is 0. The summed E-state index contributed by atoms with van der Waals surface area (Å²) in [6.07, 6.45) is 0. The molecular formula is H3CrFeMoNiSiW. The molecule has 0 saturated carbocycles. The van der Waals surface area contributed by atoms with Gasteiger partial charge >= 0.3 is 0 Å². The third-order valence-corrected chi connectivity index (χ3v) is 0. The number of rotatable bonds is 0. The molecule has 0 unspecified atom stereocenters. The maximum absolute atomic E-state index is 0. The molecule has 1 radical (unpaired) electrons. The molecule has 0 amide bonds. The summed E-state index contributed by atoms with van der Waals surface area (Å²) in [6.45, 7) is 0. The Morgan fingerprint density at radius 3 is 1.00 bits per heavy atom. The van der Waals surface area contributed by atoms with Gasteiger partial charge in [-0.25, -0.2) is 0 Å². The van der Waals surface area contributed by atoms with Crippen LogP contribution in [0, 0.1) is 0 Å². The van der Waals surface area contributed by atoms with Gasteiger partial charge in [0.05, 0.1) is 0 Å². The minimum Gasteiger partial charge on any atom is -0.0125 e. The van der Waals surface area contributed by atoms with Crippen molar-refractivity contribution >= 4 is 11.0 Å². The summed E-state index contributed by atoms with van der Waals surface area (Å²) in [5.74, 6) is 0. The van der Waals surface area contributed by atoms with Gasteiger partial charge in [-0.2, -0.15) is 0 Å². The molecule has 0 aliphatic carbocycles. The molecule has 0 aromatic carbocycles. The Hall–Kier alpha value is 3.14. The Bertz CT molecular complexity index is 15.5. The second kappa shape index (κ2) is 42.1. The molecule has 0 spiro atoms. The molecule has 0 fully saturated rings. The van der Waals surface area contributed by atoms with Crippen LogP contribution in [0.4, 0.5) is 0 Å². The van der Waals surface area contributed by atoms with Crippen molar-refractivity contribution in [3.63, 3.8) is 0 Å². The van der Waals surface area contributed by atoms with Crippen LogP contribution in [0.3, 0.4) is 0 Å². The molecule has 0 saturated heterocycles.